The summed E-state index contributed by atoms with van der Waals surface area (Å²) in [6, 6.07) is 7.70. The predicted molar refractivity (Wildman–Crippen MR) is 96.0 cm³/mol. The molecule has 0 aliphatic carbocycles. The Hall–Kier alpha value is -2.76. The summed E-state index contributed by atoms with van der Waals surface area (Å²) in [7, 11) is 0. The number of ketones is 1. The second kappa shape index (κ2) is 6.27. The lowest BCUT2D eigenvalue weighted by Crippen LogP contribution is -2.40. The number of hydrogen-bond donors (Lipinski definition) is 0. The van der Waals surface area contributed by atoms with Gasteiger partial charge in [-0.2, -0.15) is 9.61 Å². The van der Waals surface area contributed by atoms with E-state index in [1.807, 2.05) is 36.6 Å². The summed E-state index contributed by atoms with van der Waals surface area (Å²) in [6.07, 6.45) is 5.25. The van der Waals surface area contributed by atoms with Gasteiger partial charge in [0.2, 0.25) is 0 Å². The molecule has 4 rings (SSSR count). The van der Waals surface area contributed by atoms with Gasteiger partial charge in [-0.1, -0.05) is 0 Å². The van der Waals surface area contributed by atoms with Crippen molar-refractivity contribution in [3.05, 3.63) is 53.6 Å². The maximum Gasteiger partial charge on any atom is 0.169 e. The van der Waals surface area contributed by atoms with Gasteiger partial charge in [0.1, 0.15) is 5.82 Å². The highest BCUT2D eigenvalue weighted by molar-refractivity contribution is 5.98. The number of carbonyl (C=O) groups excluding carboxylic acids is 1. The largest absolute Gasteiger partial charge is 0.356 e. The van der Waals surface area contributed by atoms with Gasteiger partial charge in [-0.15, -0.1) is 0 Å². The minimum atomic E-state index is -0.0156. The first-order chi connectivity index (χ1) is 12.1. The third-order valence-corrected chi connectivity index (χ3v) is 4.72. The lowest BCUT2D eigenvalue weighted by molar-refractivity contribution is 0.0906. The van der Waals surface area contributed by atoms with E-state index in [-0.39, 0.29) is 11.7 Å². The highest BCUT2D eigenvalue weighted by Gasteiger charge is 2.28. The first kappa shape index (κ1) is 15.7. The van der Waals surface area contributed by atoms with Crippen LogP contribution in [0.15, 0.2) is 36.7 Å². The highest BCUT2D eigenvalue weighted by atomic mass is 16.1. The van der Waals surface area contributed by atoms with Crippen LogP contribution in [0.4, 0.5) is 5.82 Å². The van der Waals surface area contributed by atoms with Crippen molar-refractivity contribution < 1.29 is 4.79 Å². The number of aromatic nitrogens is 4. The molecule has 6 nitrogen and oxygen atoms in total. The number of nitrogens with zero attached hydrogens (tertiary/aromatic N) is 5. The van der Waals surface area contributed by atoms with Crippen molar-refractivity contribution in [2.24, 2.45) is 5.92 Å². The molecule has 0 radical (unpaired) electrons. The van der Waals surface area contributed by atoms with Crippen LogP contribution in [-0.4, -0.2) is 38.5 Å². The van der Waals surface area contributed by atoms with Crippen LogP contribution in [0.3, 0.4) is 0 Å². The summed E-state index contributed by atoms with van der Waals surface area (Å²) < 4.78 is 1.89. The number of fused-ring (bicyclic) bond motifs is 1. The molecule has 6 heteroatoms. The lowest BCUT2D eigenvalue weighted by atomic mass is 9.90. The fourth-order valence-corrected chi connectivity index (χ4v) is 3.56. The number of hydrogen-bond acceptors (Lipinski definition) is 5. The maximum atomic E-state index is 12.8. The minimum absolute atomic E-state index is 0.0156. The summed E-state index contributed by atoms with van der Waals surface area (Å²) in [5, 5.41) is 4.58. The van der Waals surface area contributed by atoms with Crippen LogP contribution in [0.5, 0.6) is 0 Å². The molecular weight excluding hydrogens is 314 g/mol. The Balaban J connectivity index is 1.65. The highest BCUT2D eigenvalue weighted by Crippen LogP contribution is 2.26. The number of aryl methyl sites for hydroxylation is 2. The van der Waals surface area contributed by atoms with E-state index in [1.54, 1.807) is 12.4 Å². The standard InChI is InChI=1S/C19H21N5O/c1-13-10-18(24-17(21-13)9-14(2)22-24)23-8-4-6-16(12-23)19(25)15-5-3-7-20-11-15/h3,5,7,9-11,16H,4,6,8,12H2,1-2H3/t16-/m0/s1. The molecule has 3 aromatic rings. The number of carbonyl (C=O) groups is 1. The van der Waals surface area contributed by atoms with E-state index in [0.29, 0.717) is 12.1 Å². The van der Waals surface area contributed by atoms with Crippen LogP contribution < -0.4 is 4.90 Å². The van der Waals surface area contributed by atoms with Crippen molar-refractivity contribution in [2.75, 3.05) is 18.0 Å². The SMILES string of the molecule is Cc1cc(N2CCC[C@H](C(=O)c3cccnc3)C2)n2nc(C)cc2n1. The third-order valence-electron chi connectivity index (χ3n) is 4.72. The van der Waals surface area contributed by atoms with E-state index in [9.17, 15) is 4.79 Å². The van der Waals surface area contributed by atoms with Gasteiger partial charge >= 0.3 is 0 Å². The molecule has 3 aromatic heterocycles. The molecule has 0 saturated carbocycles. The quantitative estimate of drug-likeness (QED) is 0.689. The van der Waals surface area contributed by atoms with Gasteiger partial charge in [0.05, 0.1) is 5.69 Å². The Morgan fingerprint density at radius 2 is 2.12 bits per heavy atom. The predicted octanol–water partition coefficient (Wildman–Crippen LogP) is 2.84. The van der Waals surface area contributed by atoms with Crippen LogP contribution in [0.1, 0.15) is 34.6 Å². The first-order valence-corrected chi connectivity index (χ1v) is 8.65. The molecule has 1 aliphatic rings. The molecule has 1 saturated heterocycles. The molecule has 1 atom stereocenters. The Bertz CT molecular complexity index is 918. The number of Topliss-reactive ketones (excluding diaryl/α,β-unsaturated/α-hetero) is 1. The summed E-state index contributed by atoms with van der Waals surface area (Å²) in [4.78, 5) is 23.7. The topological polar surface area (TPSA) is 63.4 Å². The van der Waals surface area contributed by atoms with E-state index in [2.05, 4.69) is 26.0 Å². The molecule has 1 aliphatic heterocycles. The van der Waals surface area contributed by atoms with Crippen molar-refractivity contribution in [1.82, 2.24) is 19.6 Å². The average Bonchev–Trinajstić information content (AvgIpc) is 3.01. The second-order valence-corrected chi connectivity index (χ2v) is 6.70. The smallest absolute Gasteiger partial charge is 0.169 e. The molecule has 25 heavy (non-hydrogen) atoms. The fraction of sp³-hybridized carbons (Fsp3) is 0.368. The van der Waals surface area contributed by atoms with E-state index in [4.69, 9.17) is 0 Å². The van der Waals surface area contributed by atoms with Crippen molar-refractivity contribution >= 4 is 17.2 Å². The molecule has 0 bridgehead atoms. The van der Waals surface area contributed by atoms with Gasteiger partial charge in [-0.3, -0.25) is 9.78 Å². The zero-order valence-electron chi connectivity index (χ0n) is 14.5. The van der Waals surface area contributed by atoms with Crippen LogP contribution in [0.25, 0.3) is 5.65 Å². The van der Waals surface area contributed by atoms with Gasteiger partial charge in [0, 0.05) is 54.8 Å². The number of rotatable bonds is 3. The van der Waals surface area contributed by atoms with Crippen molar-refractivity contribution in [1.29, 1.82) is 0 Å². The summed E-state index contributed by atoms with van der Waals surface area (Å²) in [5.74, 6) is 1.17. The van der Waals surface area contributed by atoms with Gasteiger partial charge in [-0.05, 0) is 38.8 Å². The molecule has 0 N–H and O–H groups in total. The second-order valence-electron chi connectivity index (χ2n) is 6.70. The average molecular weight is 335 g/mol. The van der Waals surface area contributed by atoms with Crippen LogP contribution in [0.2, 0.25) is 0 Å². The zero-order valence-corrected chi connectivity index (χ0v) is 14.5. The maximum absolute atomic E-state index is 12.8. The van der Waals surface area contributed by atoms with E-state index >= 15 is 0 Å². The number of pyridine rings is 1. The summed E-state index contributed by atoms with van der Waals surface area (Å²) in [6.45, 7) is 5.59. The minimum Gasteiger partial charge on any atom is -0.356 e. The molecule has 0 spiro atoms. The van der Waals surface area contributed by atoms with Crippen molar-refractivity contribution in [2.45, 2.75) is 26.7 Å². The molecule has 128 valence electrons. The van der Waals surface area contributed by atoms with Crippen molar-refractivity contribution in [3.63, 3.8) is 0 Å². The normalized spacial score (nSPS) is 17.8. The molecule has 0 aromatic carbocycles. The molecule has 4 heterocycles. The molecule has 0 amide bonds. The number of piperidine rings is 1. The monoisotopic (exact) mass is 335 g/mol. The molecule has 0 unspecified atom stereocenters. The van der Waals surface area contributed by atoms with Gasteiger partial charge in [-0.25, -0.2) is 4.98 Å². The zero-order chi connectivity index (χ0) is 17.4. The first-order valence-electron chi connectivity index (χ1n) is 8.65. The number of anilines is 1. The van der Waals surface area contributed by atoms with Crippen LogP contribution in [-0.2, 0) is 0 Å². The van der Waals surface area contributed by atoms with Crippen molar-refractivity contribution in [3.8, 4) is 0 Å². The summed E-state index contributed by atoms with van der Waals surface area (Å²) in [5.41, 5.74) is 3.45. The van der Waals surface area contributed by atoms with E-state index in [0.717, 1.165) is 42.2 Å². The Labute approximate surface area is 146 Å². The fourth-order valence-electron chi connectivity index (χ4n) is 3.56. The molecule has 1 fully saturated rings. The summed E-state index contributed by atoms with van der Waals surface area (Å²) >= 11 is 0. The van der Waals surface area contributed by atoms with E-state index in [1.165, 1.54) is 0 Å². The Morgan fingerprint density at radius 1 is 1.24 bits per heavy atom. The third kappa shape index (κ3) is 2.99. The lowest BCUT2D eigenvalue weighted by Gasteiger charge is -2.33. The van der Waals surface area contributed by atoms with Crippen LogP contribution in [0, 0.1) is 19.8 Å². The molecular formula is C19H21N5O. The van der Waals surface area contributed by atoms with Gasteiger partial charge in [0.25, 0.3) is 0 Å². The van der Waals surface area contributed by atoms with E-state index < -0.39 is 0 Å². The Kier molecular flexibility index (Phi) is 3.95. The Morgan fingerprint density at radius 3 is 2.92 bits per heavy atom. The van der Waals surface area contributed by atoms with Gasteiger partial charge in [0.15, 0.2) is 11.4 Å². The van der Waals surface area contributed by atoms with Crippen LogP contribution >= 0.6 is 0 Å². The van der Waals surface area contributed by atoms with Gasteiger partial charge < -0.3 is 4.90 Å².